The van der Waals surface area contributed by atoms with E-state index >= 15 is 0 Å². The zero-order chi connectivity index (χ0) is 22.6. The van der Waals surface area contributed by atoms with Crippen molar-refractivity contribution in [3.05, 3.63) is 115 Å². The summed E-state index contributed by atoms with van der Waals surface area (Å²) >= 11 is 0. The Bertz CT molecular complexity index is 1800. The highest BCUT2D eigenvalue weighted by Gasteiger charge is 2.18. The molecule has 0 aliphatic carbocycles. The zero-order valence-corrected chi connectivity index (χ0v) is 19.0. The molecule has 0 spiro atoms. The topological polar surface area (TPSA) is 18.1 Å². The van der Waals surface area contributed by atoms with Crippen LogP contribution in [-0.2, 0) is 6.42 Å². The van der Waals surface area contributed by atoms with Gasteiger partial charge in [-0.3, -0.25) is 0 Å². The standard InChI is InChI=1S/C32H23NO/c1-2-21-10-9-14-23(22-18-19-27-26-13-5-8-17-30(26)34-31(27)20-22)32(21)33-28-15-6-3-11-24(28)25-12-4-7-16-29(25)33/h3-20H,2H2,1H3. The Kier molecular flexibility index (Phi) is 4.16. The second-order valence-corrected chi connectivity index (χ2v) is 8.85. The predicted octanol–water partition coefficient (Wildman–Crippen LogP) is 8.91. The van der Waals surface area contributed by atoms with Gasteiger partial charge in [0.2, 0.25) is 0 Å². The lowest BCUT2D eigenvalue weighted by Crippen LogP contribution is -2.02. The van der Waals surface area contributed by atoms with Gasteiger partial charge in [-0.15, -0.1) is 0 Å². The number of hydrogen-bond acceptors (Lipinski definition) is 1. The molecule has 0 saturated carbocycles. The van der Waals surface area contributed by atoms with Gasteiger partial charge in [0, 0.05) is 27.1 Å². The Hall–Kier alpha value is -4.30. The van der Waals surface area contributed by atoms with Crippen LogP contribution in [0.25, 0.3) is 60.6 Å². The average molecular weight is 438 g/mol. The minimum absolute atomic E-state index is 0.925. The summed E-state index contributed by atoms with van der Waals surface area (Å²) in [6.45, 7) is 2.24. The van der Waals surface area contributed by atoms with Gasteiger partial charge in [-0.05, 0) is 47.9 Å². The fourth-order valence-corrected chi connectivity index (χ4v) is 5.43. The smallest absolute Gasteiger partial charge is 0.136 e. The highest BCUT2D eigenvalue weighted by Crippen LogP contribution is 2.39. The maximum Gasteiger partial charge on any atom is 0.136 e. The van der Waals surface area contributed by atoms with Crippen LogP contribution in [0.15, 0.2) is 114 Å². The van der Waals surface area contributed by atoms with Crippen molar-refractivity contribution in [2.45, 2.75) is 13.3 Å². The van der Waals surface area contributed by atoms with E-state index in [0.29, 0.717) is 0 Å². The Labute approximate surface area is 197 Å². The molecule has 2 aromatic heterocycles. The second kappa shape index (κ2) is 7.36. The van der Waals surface area contributed by atoms with E-state index in [1.807, 2.05) is 12.1 Å². The molecular formula is C32H23NO. The van der Waals surface area contributed by atoms with Gasteiger partial charge >= 0.3 is 0 Å². The first-order valence-electron chi connectivity index (χ1n) is 11.9. The fraction of sp³-hybridized carbons (Fsp3) is 0.0625. The molecule has 0 radical (unpaired) electrons. The molecule has 7 rings (SSSR count). The van der Waals surface area contributed by atoms with Gasteiger partial charge in [0.25, 0.3) is 0 Å². The van der Waals surface area contributed by atoms with Crippen molar-refractivity contribution in [1.29, 1.82) is 0 Å². The number of nitrogens with zero attached hydrogens (tertiary/aromatic N) is 1. The van der Waals surface area contributed by atoms with Crippen molar-refractivity contribution >= 4 is 43.7 Å². The molecule has 7 aromatic rings. The van der Waals surface area contributed by atoms with E-state index in [0.717, 1.165) is 28.4 Å². The zero-order valence-electron chi connectivity index (χ0n) is 19.0. The van der Waals surface area contributed by atoms with Crippen LogP contribution in [0.1, 0.15) is 12.5 Å². The molecule has 5 aromatic carbocycles. The monoisotopic (exact) mass is 437 g/mol. The number of hydrogen-bond donors (Lipinski definition) is 0. The van der Waals surface area contributed by atoms with Crippen LogP contribution in [0, 0.1) is 0 Å². The van der Waals surface area contributed by atoms with E-state index in [1.54, 1.807) is 0 Å². The van der Waals surface area contributed by atoms with Gasteiger partial charge in [-0.1, -0.05) is 85.8 Å². The number of rotatable bonds is 3. The van der Waals surface area contributed by atoms with Crippen LogP contribution in [0.5, 0.6) is 0 Å². The molecule has 0 aliphatic heterocycles. The van der Waals surface area contributed by atoms with Crippen molar-refractivity contribution in [2.75, 3.05) is 0 Å². The molecule has 162 valence electrons. The van der Waals surface area contributed by atoms with E-state index in [2.05, 4.69) is 109 Å². The Morgan fingerprint density at radius 1 is 0.588 bits per heavy atom. The molecule has 0 bridgehead atoms. The van der Waals surface area contributed by atoms with Crippen LogP contribution in [0.2, 0.25) is 0 Å². The third kappa shape index (κ3) is 2.69. The molecule has 2 heterocycles. The number of aromatic nitrogens is 1. The van der Waals surface area contributed by atoms with E-state index < -0.39 is 0 Å². The van der Waals surface area contributed by atoms with Gasteiger partial charge in [0.05, 0.1) is 16.7 Å². The van der Waals surface area contributed by atoms with E-state index in [1.165, 1.54) is 44.2 Å². The van der Waals surface area contributed by atoms with E-state index in [9.17, 15) is 0 Å². The number of fused-ring (bicyclic) bond motifs is 6. The average Bonchev–Trinajstić information content (AvgIpc) is 3.43. The number of aryl methyl sites for hydroxylation is 1. The summed E-state index contributed by atoms with van der Waals surface area (Å²) in [6, 6.07) is 39.0. The van der Waals surface area contributed by atoms with Crippen molar-refractivity contribution in [1.82, 2.24) is 4.57 Å². The SMILES string of the molecule is CCc1cccc(-c2ccc3c(c2)oc2ccccc23)c1-n1c2ccccc2c2ccccc21. The maximum atomic E-state index is 6.24. The third-order valence-corrected chi connectivity index (χ3v) is 6.99. The van der Waals surface area contributed by atoms with E-state index in [4.69, 9.17) is 4.42 Å². The molecule has 0 amide bonds. The number of benzene rings is 5. The molecule has 2 heteroatoms. The minimum atomic E-state index is 0.925. The molecule has 0 unspecified atom stereocenters. The van der Waals surface area contributed by atoms with Crippen LogP contribution >= 0.6 is 0 Å². The molecule has 0 fully saturated rings. The lowest BCUT2D eigenvalue weighted by atomic mass is 9.97. The molecule has 0 aliphatic rings. The normalized spacial score (nSPS) is 11.8. The van der Waals surface area contributed by atoms with Crippen LogP contribution in [0.3, 0.4) is 0 Å². The summed E-state index contributed by atoms with van der Waals surface area (Å²) in [6.07, 6.45) is 0.955. The summed E-state index contributed by atoms with van der Waals surface area (Å²) in [5.41, 5.74) is 9.28. The fourth-order valence-electron chi connectivity index (χ4n) is 5.43. The number of para-hydroxylation sites is 4. The summed E-state index contributed by atoms with van der Waals surface area (Å²) in [5.74, 6) is 0. The molecular weight excluding hydrogens is 414 g/mol. The lowest BCUT2D eigenvalue weighted by molar-refractivity contribution is 0.669. The predicted molar refractivity (Wildman–Crippen MR) is 143 cm³/mol. The molecule has 34 heavy (non-hydrogen) atoms. The lowest BCUT2D eigenvalue weighted by Gasteiger charge is -2.18. The Balaban J connectivity index is 1.57. The third-order valence-electron chi connectivity index (χ3n) is 6.99. The minimum Gasteiger partial charge on any atom is -0.456 e. The Morgan fingerprint density at radius 2 is 1.24 bits per heavy atom. The molecule has 2 nitrogen and oxygen atoms in total. The van der Waals surface area contributed by atoms with Crippen molar-refractivity contribution in [3.8, 4) is 16.8 Å². The van der Waals surface area contributed by atoms with Crippen LogP contribution in [0.4, 0.5) is 0 Å². The highest BCUT2D eigenvalue weighted by molar-refractivity contribution is 6.10. The van der Waals surface area contributed by atoms with Crippen molar-refractivity contribution in [3.63, 3.8) is 0 Å². The van der Waals surface area contributed by atoms with Gasteiger partial charge in [-0.25, -0.2) is 0 Å². The second-order valence-electron chi connectivity index (χ2n) is 8.85. The number of furan rings is 1. The summed E-state index contributed by atoms with van der Waals surface area (Å²) in [5, 5.41) is 4.88. The maximum absolute atomic E-state index is 6.24. The molecule has 0 atom stereocenters. The first kappa shape index (κ1) is 19.2. The Morgan fingerprint density at radius 3 is 1.97 bits per heavy atom. The largest absolute Gasteiger partial charge is 0.456 e. The summed E-state index contributed by atoms with van der Waals surface area (Å²) in [4.78, 5) is 0. The highest BCUT2D eigenvalue weighted by atomic mass is 16.3. The van der Waals surface area contributed by atoms with Crippen LogP contribution < -0.4 is 0 Å². The summed E-state index contributed by atoms with van der Waals surface area (Å²) in [7, 11) is 0. The first-order chi connectivity index (χ1) is 16.8. The van der Waals surface area contributed by atoms with Gasteiger partial charge in [-0.2, -0.15) is 0 Å². The van der Waals surface area contributed by atoms with Gasteiger partial charge in [0.1, 0.15) is 11.2 Å². The van der Waals surface area contributed by atoms with Gasteiger partial charge in [0.15, 0.2) is 0 Å². The van der Waals surface area contributed by atoms with Gasteiger partial charge < -0.3 is 8.98 Å². The van der Waals surface area contributed by atoms with Crippen LogP contribution in [-0.4, -0.2) is 4.57 Å². The van der Waals surface area contributed by atoms with Crippen molar-refractivity contribution < 1.29 is 4.42 Å². The quantitative estimate of drug-likeness (QED) is 0.270. The van der Waals surface area contributed by atoms with Crippen molar-refractivity contribution in [2.24, 2.45) is 0 Å². The molecule has 0 saturated heterocycles. The summed E-state index contributed by atoms with van der Waals surface area (Å²) < 4.78 is 8.68. The first-order valence-corrected chi connectivity index (χ1v) is 11.9. The molecule has 0 N–H and O–H groups in total. The van der Waals surface area contributed by atoms with E-state index in [-0.39, 0.29) is 0 Å².